The number of piperazine rings is 1. The fourth-order valence-electron chi connectivity index (χ4n) is 5.87. The Balaban J connectivity index is 1.09. The number of amides is 2. The van der Waals surface area contributed by atoms with Crippen LogP contribution < -0.4 is 10.1 Å². The van der Waals surface area contributed by atoms with E-state index in [0.717, 1.165) is 24.2 Å². The van der Waals surface area contributed by atoms with E-state index in [2.05, 4.69) is 70.9 Å². The smallest absolute Gasteiger partial charge is 0.265 e. The van der Waals surface area contributed by atoms with Gasteiger partial charge in [-0.3, -0.25) is 14.5 Å². The van der Waals surface area contributed by atoms with Crippen LogP contribution in [-0.2, 0) is 4.79 Å². The summed E-state index contributed by atoms with van der Waals surface area (Å²) in [6.45, 7) is 4.37. The van der Waals surface area contributed by atoms with Crippen molar-refractivity contribution in [1.82, 2.24) is 9.80 Å². The van der Waals surface area contributed by atoms with Crippen LogP contribution in [0.5, 0.6) is 5.75 Å². The first kappa shape index (κ1) is 29.9. The predicted octanol–water partition coefficient (Wildman–Crippen LogP) is 7.31. The molecule has 0 saturated carbocycles. The maximum Gasteiger partial charge on any atom is 0.265 e. The Morgan fingerprint density at radius 2 is 1.13 bits per heavy atom. The van der Waals surface area contributed by atoms with Gasteiger partial charge in [-0.1, -0.05) is 115 Å². The average Bonchev–Trinajstić information content (AvgIpc) is 3.10. The zero-order valence-electron chi connectivity index (χ0n) is 25.4. The fourth-order valence-corrected chi connectivity index (χ4v) is 5.87. The zero-order valence-corrected chi connectivity index (χ0v) is 25.4. The number of carbonyl (C=O) groups excluding carboxylic acids is 2. The van der Waals surface area contributed by atoms with E-state index in [0.29, 0.717) is 30.1 Å². The van der Waals surface area contributed by atoms with Crippen molar-refractivity contribution < 1.29 is 14.3 Å². The maximum absolute atomic E-state index is 13.8. The number of ether oxygens (including phenoxy) is 1. The predicted molar refractivity (Wildman–Crippen MR) is 179 cm³/mol. The van der Waals surface area contributed by atoms with Crippen LogP contribution in [-0.4, -0.2) is 53.9 Å². The number of anilines is 1. The Bertz CT molecular complexity index is 1660. The summed E-state index contributed by atoms with van der Waals surface area (Å²) < 4.78 is 5.95. The molecule has 2 amide bonds. The summed E-state index contributed by atoms with van der Waals surface area (Å²) in [4.78, 5) is 31.2. The molecule has 1 aliphatic rings. The van der Waals surface area contributed by atoms with Gasteiger partial charge in [0, 0.05) is 26.2 Å². The van der Waals surface area contributed by atoms with Gasteiger partial charge in [-0.2, -0.15) is 0 Å². The minimum Gasteiger partial charge on any atom is -0.481 e. The highest BCUT2D eigenvalue weighted by molar-refractivity contribution is 6.04. The third kappa shape index (κ3) is 7.14. The van der Waals surface area contributed by atoms with Gasteiger partial charge in [-0.15, -0.1) is 0 Å². The van der Waals surface area contributed by atoms with Gasteiger partial charge >= 0.3 is 0 Å². The molecule has 0 spiro atoms. The van der Waals surface area contributed by atoms with Gasteiger partial charge in [0.2, 0.25) is 0 Å². The van der Waals surface area contributed by atoms with Crippen LogP contribution in [0.3, 0.4) is 0 Å². The SMILES string of the molecule is CC(Oc1ccc(-c2ccccc2)cc1)C(=O)Nc1ccccc1C(=O)N1CCN(C(c2ccccc2)c2ccccc2)CC1. The van der Waals surface area contributed by atoms with Crippen molar-refractivity contribution in [2.24, 2.45) is 0 Å². The van der Waals surface area contributed by atoms with E-state index in [4.69, 9.17) is 4.74 Å². The third-order valence-corrected chi connectivity index (χ3v) is 8.26. The lowest BCUT2D eigenvalue weighted by molar-refractivity contribution is -0.122. The van der Waals surface area contributed by atoms with Crippen LogP contribution in [0.1, 0.15) is 34.5 Å². The molecule has 45 heavy (non-hydrogen) atoms. The summed E-state index contributed by atoms with van der Waals surface area (Å²) >= 11 is 0. The van der Waals surface area contributed by atoms with Gasteiger partial charge in [-0.05, 0) is 53.4 Å². The number of carbonyl (C=O) groups is 2. The number of hydrogen-bond donors (Lipinski definition) is 1. The van der Waals surface area contributed by atoms with Crippen molar-refractivity contribution in [3.8, 4) is 16.9 Å². The average molecular weight is 596 g/mol. The molecule has 1 heterocycles. The number of nitrogens with zero attached hydrogens (tertiary/aromatic N) is 2. The van der Waals surface area contributed by atoms with Crippen molar-refractivity contribution in [3.05, 3.63) is 156 Å². The first-order valence-electron chi connectivity index (χ1n) is 15.4. The zero-order chi connectivity index (χ0) is 31.0. The quantitative estimate of drug-likeness (QED) is 0.194. The Morgan fingerprint density at radius 1 is 0.622 bits per heavy atom. The van der Waals surface area contributed by atoms with Gasteiger partial charge in [0.1, 0.15) is 5.75 Å². The molecule has 0 aliphatic carbocycles. The van der Waals surface area contributed by atoms with Crippen LogP contribution in [0.15, 0.2) is 140 Å². The van der Waals surface area contributed by atoms with Crippen molar-refractivity contribution in [2.75, 3.05) is 31.5 Å². The van der Waals surface area contributed by atoms with Crippen LogP contribution in [0.2, 0.25) is 0 Å². The highest BCUT2D eigenvalue weighted by atomic mass is 16.5. The first-order valence-corrected chi connectivity index (χ1v) is 15.4. The van der Waals surface area contributed by atoms with Gasteiger partial charge < -0.3 is 15.0 Å². The molecule has 6 rings (SSSR count). The lowest BCUT2D eigenvalue weighted by Gasteiger charge is -2.40. The molecular formula is C39H37N3O3. The second kappa shape index (κ2) is 14.1. The van der Waals surface area contributed by atoms with E-state index in [-0.39, 0.29) is 17.9 Å². The molecular weight excluding hydrogens is 558 g/mol. The Kier molecular flexibility index (Phi) is 9.33. The molecule has 6 heteroatoms. The van der Waals surface area contributed by atoms with E-state index in [1.807, 2.05) is 71.6 Å². The summed E-state index contributed by atoms with van der Waals surface area (Å²) in [5.41, 5.74) is 5.62. The molecule has 1 unspecified atom stereocenters. The molecule has 0 radical (unpaired) electrons. The standard InChI is InChI=1S/C39H37N3O3/c1-29(45-34-23-21-31(22-24-34)30-13-5-2-6-14-30)38(43)40-36-20-12-11-19-35(36)39(44)42-27-25-41(26-28-42)37(32-15-7-3-8-16-32)33-17-9-4-10-18-33/h2-24,29,37H,25-28H2,1H3,(H,40,43). The molecule has 0 bridgehead atoms. The van der Waals surface area contributed by atoms with Crippen LogP contribution in [0, 0.1) is 0 Å². The Hall–Kier alpha value is -5.20. The molecule has 5 aromatic carbocycles. The lowest BCUT2D eigenvalue weighted by Crippen LogP contribution is -2.50. The second-order valence-electron chi connectivity index (χ2n) is 11.2. The first-order chi connectivity index (χ1) is 22.1. The monoisotopic (exact) mass is 595 g/mol. The lowest BCUT2D eigenvalue weighted by atomic mass is 9.96. The van der Waals surface area contributed by atoms with E-state index in [9.17, 15) is 9.59 Å². The molecule has 1 N–H and O–H groups in total. The van der Waals surface area contributed by atoms with Crippen LogP contribution in [0.4, 0.5) is 5.69 Å². The topological polar surface area (TPSA) is 61.9 Å². The van der Waals surface area contributed by atoms with Crippen LogP contribution in [0.25, 0.3) is 11.1 Å². The summed E-state index contributed by atoms with van der Waals surface area (Å²) in [6, 6.07) is 46.1. The van der Waals surface area contributed by atoms with E-state index in [1.54, 1.807) is 19.1 Å². The van der Waals surface area contributed by atoms with Crippen LogP contribution >= 0.6 is 0 Å². The molecule has 1 aliphatic heterocycles. The fraction of sp³-hybridized carbons (Fsp3) is 0.179. The highest BCUT2D eigenvalue weighted by Gasteiger charge is 2.29. The molecule has 226 valence electrons. The summed E-state index contributed by atoms with van der Waals surface area (Å²) in [7, 11) is 0. The van der Waals surface area contributed by atoms with Crippen molar-refractivity contribution in [1.29, 1.82) is 0 Å². The number of hydrogen-bond acceptors (Lipinski definition) is 4. The minimum atomic E-state index is -0.757. The number of nitrogens with one attached hydrogen (secondary N) is 1. The van der Waals surface area contributed by atoms with Crippen molar-refractivity contribution >= 4 is 17.5 Å². The number of rotatable bonds is 9. The maximum atomic E-state index is 13.8. The van der Waals surface area contributed by atoms with Gasteiger partial charge in [0.15, 0.2) is 6.10 Å². The summed E-state index contributed by atoms with van der Waals surface area (Å²) in [6.07, 6.45) is -0.757. The third-order valence-electron chi connectivity index (χ3n) is 8.26. The number of benzene rings is 5. The normalized spacial score (nSPS) is 14.1. The van der Waals surface area contributed by atoms with Gasteiger partial charge in [-0.25, -0.2) is 0 Å². The largest absolute Gasteiger partial charge is 0.481 e. The number of para-hydroxylation sites is 1. The highest BCUT2D eigenvalue weighted by Crippen LogP contribution is 2.30. The van der Waals surface area contributed by atoms with Crippen molar-refractivity contribution in [3.63, 3.8) is 0 Å². The summed E-state index contributed by atoms with van der Waals surface area (Å²) in [5.74, 6) is 0.191. The molecule has 0 aromatic heterocycles. The minimum absolute atomic E-state index is 0.0911. The van der Waals surface area contributed by atoms with Gasteiger partial charge in [0.05, 0.1) is 17.3 Å². The summed E-state index contributed by atoms with van der Waals surface area (Å²) in [5, 5.41) is 2.94. The molecule has 1 atom stereocenters. The van der Waals surface area contributed by atoms with Gasteiger partial charge in [0.25, 0.3) is 11.8 Å². The molecule has 6 nitrogen and oxygen atoms in total. The second-order valence-corrected chi connectivity index (χ2v) is 11.2. The Morgan fingerprint density at radius 3 is 1.73 bits per heavy atom. The van der Waals surface area contributed by atoms with Crippen molar-refractivity contribution in [2.45, 2.75) is 19.1 Å². The van der Waals surface area contributed by atoms with E-state index < -0.39 is 6.10 Å². The van der Waals surface area contributed by atoms with E-state index in [1.165, 1.54) is 11.1 Å². The Labute approximate surface area is 264 Å². The molecule has 1 fully saturated rings. The molecule has 1 saturated heterocycles. The van der Waals surface area contributed by atoms with E-state index >= 15 is 0 Å². The molecule has 5 aromatic rings.